The predicted octanol–water partition coefficient (Wildman–Crippen LogP) is 1.94. The fourth-order valence-electron chi connectivity index (χ4n) is 1.11. The number of benzene rings is 1. The van der Waals surface area contributed by atoms with Gasteiger partial charge in [-0.2, -0.15) is 0 Å². The van der Waals surface area contributed by atoms with E-state index in [-0.39, 0.29) is 5.69 Å². The quantitative estimate of drug-likeness (QED) is 0.489. The van der Waals surface area contributed by atoms with Gasteiger partial charge in [0.1, 0.15) is 0 Å². The third kappa shape index (κ3) is 1.33. The molecule has 4 nitrogen and oxygen atoms in total. The largest absolute Gasteiger partial charge is 0.271 e. The second-order valence-electron chi connectivity index (χ2n) is 2.57. The van der Waals surface area contributed by atoms with Crippen molar-refractivity contribution < 1.29 is 4.92 Å². The summed E-state index contributed by atoms with van der Waals surface area (Å²) < 4.78 is 0. The van der Waals surface area contributed by atoms with Crippen molar-refractivity contribution in [3.63, 3.8) is 0 Å². The molecule has 0 spiro atoms. The molecule has 1 heterocycles. The number of nitro groups is 1. The Morgan fingerprint density at radius 2 is 2.31 bits per heavy atom. The van der Waals surface area contributed by atoms with Crippen molar-refractivity contribution in [3.8, 4) is 0 Å². The van der Waals surface area contributed by atoms with Gasteiger partial charge in [0.2, 0.25) is 0 Å². The molecule has 0 saturated carbocycles. The van der Waals surface area contributed by atoms with Gasteiger partial charge < -0.3 is 0 Å². The zero-order valence-electron chi connectivity index (χ0n) is 6.60. The van der Waals surface area contributed by atoms with E-state index in [2.05, 4.69) is 11.1 Å². The molecule has 0 bridgehead atoms. The monoisotopic (exact) mass is 173 g/mol. The van der Waals surface area contributed by atoms with Crippen molar-refractivity contribution >= 4 is 16.6 Å². The van der Waals surface area contributed by atoms with Crippen molar-refractivity contribution in [1.82, 2.24) is 4.98 Å². The lowest BCUT2D eigenvalue weighted by Crippen LogP contribution is -1.87. The van der Waals surface area contributed by atoms with Crippen LogP contribution in [0.3, 0.4) is 0 Å². The summed E-state index contributed by atoms with van der Waals surface area (Å²) in [5, 5.41) is 11.3. The van der Waals surface area contributed by atoms with Gasteiger partial charge in [0.25, 0.3) is 5.69 Å². The first-order valence-electron chi connectivity index (χ1n) is 3.67. The molecule has 2 aromatic rings. The third-order valence-electron chi connectivity index (χ3n) is 1.74. The number of hydrogen-bond acceptors (Lipinski definition) is 3. The van der Waals surface area contributed by atoms with Crippen molar-refractivity contribution in [3.05, 3.63) is 46.6 Å². The summed E-state index contributed by atoms with van der Waals surface area (Å²) in [6.07, 6.45) is 1.49. The molecule has 0 fully saturated rings. The molecule has 0 amide bonds. The van der Waals surface area contributed by atoms with E-state index in [0.29, 0.717) is 5.52 Å². The Balaban J connectivity index is 2.69. The van der Waals surface area contributed by atoms with E-state index in [1.807, 2.05) is 0 Å². The first-order valence-corrected chi connectivity index (χ1v) is 3.67. The average molecular weight is 173 g/mol. The van der Waals surface area contributed by atoms with Gasteiger partial charge in [-0.15, -0.1) is 0 Å². The molecule has 0 aliphatic carbocycles. The highest BCUT2D eigenvalue weighted by Crippen LogP contribution is 2.17. The number of non-ortho nitro benzene ring substituents is 1. The number of hydrogen-bond donors (Lipinski definition) is 0. The van der Waals surface area contributed by atoms with E-state index >= 15 is 0 Å². The maximum atomic E-state index is 10.4. The van der Waals surface area contributed by atoms with Crippen LogP contribution in [0.25, 0.3) is 10.9 Å². The molecule has 1 aromatic heterocycles. The topological polar surface area (TPSA) is 56.0 Å². The minimum Gasteiger partial charge on any atom is -0.258 e. The molecule has 0 atom stereocenters. The average Bonchev–Trinajstić information content (AvgIpc) is 2.17. The predicted molar refractivity (Wildman–Crippen MR) is 47.2 cm³/mol. The first-order chi connectivity index (χ1) is 6.27. The zero-order valence-corrected chi connectivity index (χ0v) is 6.60. The standard InChI is InChI=1S/C9H5N2O2/c12-11(13)8-4-3-7-2-1-5-10-9(7)6-8/h2-6H. The normalized spacial score (nSPS) is 10.2. The molecule has 4 heteroatoms. The highest BCUT2D eigenvalue weighted by atomic mass is 16.6. The van der Waals surface area contributed by atoms with Gasteiger partial charge in [0.05, 0.1) is 10.4 Å². The van der Waals surface area contributed by atoms with Crippen molar-refractivity contribution in [1.29, 1.82) is 0 Å². The third-order valence-corrected chi connectivity index (χ3v) is 1.74. The number of pyridine rings is 1. The number of rotatable bonds is 1. The molecule has 0 saturated heterocycles. The Bertz CT molecular complexity index is 468. The van der Waals surface area contributed by atoms with Crippen LogP contribution in [0.1, 0.15) is 0 Å². The molecule has 63 valence electrons. The summed E-state index contributed by atoms with van der Waals surface area (Å²) in [7, 11) is 0. The van der Waals surface area contributed by atoms with Crippen LogP contribution in [0.15, 0.2) is 30.5 Å². The highest BCUT2D eigenvalue weighted by Gasteiger charge is 2.05. The van der Waals surface area contributed by atoms with Crippen LogP contribution >= 0.6 is 0 Å². The Morgan fingerprint density at radius 3 is 3.08 bits per heavy atom. The lowest BCUT2D eigenvalue weighted by molar-refractivity contribution is -0.384. The minimum atomic E-state index is -0.433. The second kappa shape index (κ2) is 2.82. The van der Waals surface area contributed by atoms with Crippen molar-refractivity contribution in [2.45, 2.75) is 0 Å². The second-order valence-corrected chi connectivity index (χ2v) is 2.57. The Labute approximate surface area is 74.0 Å². The molecule has 0 unspecified atom stereocenters. The summed E-state index contributed by atoms with van der Waals surface area (Å²) in [4.78, 5) is 13.9. The van der Waals surface area contributed by atoms with E-state index in [1.165, 1.54) is 18.3 Å². The van der Waals surface area contributed by atoms with E-state index in [4.69, 9.17) is 0 Å². The molecule has 0 aliphatic heterocycles. The van der Waals surface area contributed by atoms with Crippen LogP contribution in [0.5, 0.6) is 0 Å². The van der Waals surface area contributed by atoms with E-state index in [9.17, 15) is 10.1 Å². The van der Waals surface area contributed by atoms with Crippen molar-refractivity contribution in [2.24, 2.45) is 0 Å². The number of aromatic nitrogens is 1. The Morgan fingerprint density at radius 1 is 1.46 bits per heavy atom. The van der Waals surface area contributed by atoms with Gasteiger partial charge in [-0.1, -0.05) is 0 Å². The van der Waals surface area contributed by atoms with Gasteiger partial charge in [-0.05, 0) is 12.1 Å². The molecular formula is C9H5N2O2. The summed E-state index contributed by atoms with van der Waals surface area (Å²) in [6.45, 7) is 0. The van der Waals surface area contributed by atoms with Crippen LogP contribution < -0.4 is 0 Å². The number of nitro benzene ring substituents is 1. The fraction of sp³-hybridized carbons (Fsp3) is 0. The fourth-order valence-corrected chi connectivity index (χ4v) is 1.11. The van der Waals surface area contributed by atoms with E-state index < -0.39 is 4.92 Å². The van der Waals surface area contributed by atoms with E-state index in [1.54, 1.807) is 12.1 Å². The van der Waals surface area contributed by atoms with Crippen LogP contribution in [0.2, 0.25) is 0 Å². The molecule has 1 aromatic carbocycles. The van der Waals surface area contributed by atoms with Crippen LogP contribution in [0.4, 0.5) is 5.69 Å². The van der Waals surface area contributed by atoms with Crippen LogP contribution in [0, 0.1) is 16.2 Å². The summed E-state index contributed by atoms with van der Waals surface area (Å²) in [6, 6.07) is 9.11. The maximum absolute atomic E-state index is 10.4. The SMILES string of the molecule is O=[N+]([O-])c1ccc2c[c]cnc2c1. The Kier molecular flexibility index (Phi) is 1.66. The number of fused-ring (bicyclic) bond motifs is 1. The first kappa shape index (κ1) is 7.67. The number of nitrogens with zero attached hydrogens (tertiary/aromatic N) is 2. The van der Waals surface area contributed by atoms with Crippen LogP contribution in [-0.4, -0.2) is 9.91 Å². The summed E-state index contributed by atoms with van der Waals surface area (Å²) in [5.74, 6) is 0. The molecule has 0 aliphatic rings. The highest BCUT2D eigenvalue weighted by molar-refractivity contribution is 5.80. The van der Waals surface area contributed by atoms with Gasteiger partial charge in [-0.25, -0.2) is 0 Å². The molecular weight excluding hydrogens is 168 g/mol. The van der Waals surface area contributed by atoms with Gasteiger partial charge in [0.15, 0.2) is 0 Å². The lowest BCUT2D eigenvalue weighted by Gasteiger charge is -1.94. The summed E-state index contributed by atoms with van der Waals surface area (Å²) in [5.41, 5.74) is 0.680. The molecule has 13 heavy (non-hydrogen) atoms. The van der Waals surface area contributed by atoms with Gasteiger partial charge in [0, 0.05) is 29.8 Å². The van der Waals surface area contributed by atoms with Gasteiger partial charge >= 0.3 is 0 Å². The summed E-state index contributed by atoms with van der Waals surface area (Å²) >= 11 is 0. The Hall–Kier alpha value is -1.97. The molecule has 2 rings (SSSR count). The zero-order chi connectivity index (χ0) is 9.26. The van der Waals surface area contributed by atoms with Crippen molar-refractivity contribution in [2.75, 3.05) is 0 Å². The smallest absolute Gasteiger partial charge is 0.258 e. The molecule has 1 radical (unpaired) electrons. The van der Waals surface area contributed by atoms with Gasteiger partial charge in [-0.3, -0.25) is 15.1 Å². The van der Waals surface area contributed by atoms with E-state index in [0.717, 1.165) is 5.39 Å². The minimum absolute atomic E-state index is 0.0613. The van der Waals surface area contributed by atoms with Crippen LogP contribution in [-0.2, 0) is 0 Å². The lowest BCUT2D eigenvalue weighted by atomic mass is 10.2. The maximum Gasteiger partial charge on any atom is 0.271 e. The molecule has 0 N–H and O–H groups in total.